The van der Waals surface area contributed by atoms with Gasteiger partial charge in [0.2, 0.25) is 5.75 Å². The van der Waals surface area contributed by atoms with Crippen LogP contribution >= 0.6 is 0 Å². The molecule has 2 N–H and O–H groups in total. The number of aliphatic imine (C=N–C) groups is 1. The summed E-state index contributed by atoms with van der Waals surface area (Å²) in [7, 11) is 4.31. The van der Waals surface area contributed by atoms with E-state index < -0.39 is 23.8 Å². The molecule has 1 heterocycles. The van der Waals surface area contributed by atoms with Crippen LogP contribution in [0.2, 0.25) is 0 Å². The molecule has 0 saturated heterocycles. The molecule has 1 aromatic rings. The standard InChI is InChI=1S/C18H21NO7/c1-8-13(17(20)21)15(14(18(22)23)9(2)19-8)10-6-11(24-3)16(26-5)12(7-10)25-4/h6-7,13,15H,1-5H3,(H,20,21)(H,22,23). The van der Waals surface area contributed by atoms with Crippen molar-refractivity contribution in [3.63, 3.8) is 0 Å². The van der Waals surface area contributed by atoms with Crippen LogP contribution in [0.5, 0.6) is 17.2 Å². The van der Waals surface area contributed by atoms with E-state index >= 15 is 0 Å². The summed E-state index contributed by atoms with van der Waals surface area (Å²) < 4.78 is 15.9. The molecule has 26 heavy (non-hydrogen) atoms. The molecule has 0 radical (unpaired) electrons. The average Bonchev–Trinajstić information content (AvgIpc) is 2.58. The first kappa shape index (κ1) is 19.3. The largest absolute Gasteiger partial charge is 0.493 e. The van der Waals surface area contributed by atoms with Crippen LogP contribution in [0.15, 0.2) is 28.4 Å². The summed E-state index contributed by atoms with van der Waals surface area (Å²) in [5.74, 6) is -3.48. The number of ether oxygens (including phenoxy) is 3. The number of methoxy groups -OCH3 is 3. The summed E-state index contributed by atoms with van der Waals surface area (Å²) in [6.07, 6.45) is 0. The van der Waals surface area contributed by atoms with Gasteiger partial charge in [0.25, 0.3) is 0 Å². The minimum Gasteiger partial charge on any atom is -0.493 e. The number of nitrogens with zero attached hydrogens (tertiary/aromatic N) is 1. The second-order valence-corrected chi connectivity index (χ2v) is 5.81. The molecule has 0 spiro atoms. The van der Waals surface area contributed by atoms with Crippen molar-refractivity contribution in [3.05, 3.63) is 29.0 Å². The first-order valence-electron chi connectivity index (χ1n) is 7.78. The Morgan fingerprint density at radius 3 is 1.92 bits per heavy atom. The average molecular weight is 363 g/mol. The van der Waals surface area contributed by atoms with Crippen LogP contribution in [0.1, 0.15) is 25.3 Å². The first-order valence-corrected chi connectivity index (χ1v) is 7.78. The minimum atomic E-state index is -1.22. The monoisotopic (exact) mass is 363 g/mol. The maximum absolute atomic E-state index is 11.9. The Bertz CT molecular complexity index is 785. The lowest BCUT2D eigenvalue weighted by Gasteiger charge is -2.30. The lowest BCUT2D eigenvalue weighted by molar-refractivity contribution is -0.140. The van der Waals surface area contributed by atoms with Crippen LogP contribution in [0.3, 0.4) is 0 Å². The van der Waals surface area contributed by atoms with Crippen molar-refractivity contribution < 1.29 is 34.0 Å². The van der Waals surface area contributed by atoms with Crippen molar-refractivity contribution in [2.24, 2.45) is 10.9 Å². The number of rotatable bonds is 6. The molecule has 2 atom stereocenters. The molecule has 0 aromatic heterocycles. The van der Waals surface area contributed by atoms with E-state index in [9.17, 15) is 19.8 Å². The molecule has 2 rings (SSSR count). The van der Waals surface area contributed by atoms with Crippen LogP contribution < -0.4 is 14.2 Å². The topological polar surface area (TPSA) is 115 Å². The number of benzene rings is 1. The van der Waals surface area contributed by atoms with Gasteiger partial charge < -0.3 is 24.4 Å². The highest BCUT2D eigenvalue weighted by atomic mass is 16.5. The van der Waals surface area contributed by atoms with Crippen molar-refractivity contribution in [3.8, 4) is 17.2 Å². The summed E-state index contributed by atoms with van der Waals surface area (Å²) in [6, 6.07) is 3.13. The highest BCUT2D eigenvalue weighted by Crippen LogP contribution is 2.45. The number of carboxylic acid groups (broad SMARTS) is 2. The number of hydrogen-bond acceptors (Lipinski definition) is 6. The molecule has 1 aliphatic rings. The van der Waals surface area contributed by atoms with Crippen LogP contribution in [0, 0.1) is 5.92 Å². The van der Waals surface area contributed by atoms with E-state index in [1.165, 1.54) is 21.3 Å². The van der Waals surface area contributed by atoms with Gasteiger partial charge in [0.05, 0.1) is 26.9 Å². The van der Waals surface area contributed by atoms with Crippen LogP contribution in [0.4, 0.5) is 0 Å². The predicted molar refractivity (Wildman–Crippen MR) is 93.4 cm³/mol. The molecule has 0 saturated carbocycles. The summed E-state index contributed by atoms with van der Waals surface area (Å²) in [5, 5.41) is 19.4. The summed E-state index contributed by atoms with van der Waals surface area (Å²) in [5.41, 5.74) is 0.958. The summed E-state index contributed by atoms with van der Waals surface area (Å²) >= 11 is 0. The summed E-state index contributed by atoms with van der Waals surface area (Å²) in [4.78, 5) is 27.9. The lowest BCUT2D eigenvalue weighted by Crippen LogP contribution is -2.34. The highest BCUT2D eigenvalue weighted by molar-refractivity contribution is 6.06. The van der Waals surface area contributed by atoms with E-state index in [0.717, 1.165) is 0 Å². The van der Waals surface area contributed by atoms with E-state index in [0.29, 0.717) is 28.5 Å². The zero-order chi connectivity index (χ0) is 19.6. The third kappa shape index (κ3) is 3.22. The highest BCUT2D eigenvalue weighted by Gasteiger charge is 2.41. The Kier molecular flexibility index (Phi) is 5.54. The maximum atomic E-state index is 11.9. The van der Waals surface area contributed by atoms with Crippen molar-refractivity contribution in [2.45, 2.75) is 19.8 Å². The summed E-state index contributed by atoms with van der Waals surface area (Å²) in [6.45, 7) is 3.13. The van der Waals surface area contributed by atoms with Crippen LogP contribution in [-0.4, -0.2) is 49.2 Å². The third-order valence-electron chi connectivity index (χ3n) is 4.37. The van der Waals surface area contributed by atoms with Gasteiger partial charge in [0, 0.05) is 17.3 Å². The molecule has 8 heteroatoms. The Balaban J connectivity index is 2.78. The maximum Gasteiger partial charge on any atom is 0.334 e. The van der Waals surface area contributed by atoms with Crippen molar-refractivity contribution in [1.29, 1.82) is 0 Å². The smallest absolute Gasteiger partial charge is 0.334 e. The number of carbonyl (C=O) groups is 2. The van der Waals surface area contributed by atoms with E-state index in [4.69, 9.17) is 14.2 Å². The van der Waals surface area contributed by atoms with Crippen molar-refractivity contribution in [2.75, 3.05) is 21.3 Å². The van der Waals surface area contributed by atoms with Gasteiger partial charge in [-0.25, -0.2) is 4.79 Å². The number of hydrogen-bond donors (Lipinski definition) is 2. The molecule has 0 aliphatic carbocycles. The molecule has 1 aromatic carbocycles. The van der Waals surface area contributed by atoms with Gasteiger partial charge in [0.15, 0.2) is 11.5 Å². The van der Waals surface area contributed by atoms with Crippen molar-refractivity contribution >= 4 is 17.7 Å². The Labute approximate surface area is 150 Å². The van der Waals surface area contributed by atoms with Crippen LogP contribution in [-0.2, 0) is 9.59 Å². The zero-order valence-electron chi connectivity index (χ0n) is 15.2. The number of aliphatic carboxylic acids is 2. The van der Waals surface area contributed by atoms with Gasteiger partial charge in [-0.1, -0.05) is 0 Å². The van der Waals surface area contributed by atoms with Gasteiger partial charge in [-0.05, 0) is 31.5 Å². The molecular formula is C18H21NO7. The lowest BCUT2D eigenvalue weighted by atomic mass is 9.75. The number of carboxylic acids is 2. The fraction of sp³-hybridized carbons (Fsp3) is 0.389. The van der Waals surface area contributed by atoms with Crippen LogP contribution in [0.25, 0.3) is 0 Å². The molecule has 140 valence electrons. The Hall–Kier alpha value is -3.03. The minimum absolute atomic E-state index is 0.0720. The molecular weight excluding hydrogens is 342 g/mol. The van der Waals surface area contributed by atoms with E-state index in [2.05, 4.69) is 4.99 Å². The fourth-order valence-electron chi connectivity index (χ4n) is 3.28. The van der Waals surface area contributed by atoms with E-state index in [1.54, 1.807) is 26.0 Å². The molecule has 0 fully saturated rings. The normalized spacial score (nSPS) is 19.7. The van der Waals surface area contributed by atoms with E-state index in [-0.39, 0.29) is 11.3 Å². The third-order valence-corrected chi connectivity index (χ3v) is 4.37. The van der Waals surface area contributed by atoms with Gasteiger partial charge in [-0.2, -0.15) is 0 Å². The quantitative estimate of drug-likeness (QED) is 0.797. The second-order valence-electron chi connectivity index (χ2n) is 5.81. The van der Waals surface area contributed by atoms with Gasteiger partial charge >= 0.3 is 11.9 Å². The van der Waals surface area contributed by atoms with E-state index in [1.807, 2.05) is 0 Å². The predicted octanol–water partition coefficient (Wildman–Crippen LogP) is 2.33. The zero-order valence-corrected chi connectivity index (χ0v) is 15.2. The Morgan fingerprint density at radius 2 is 1.54 bits per heavy atom. The Morgan fingerprint density at radius 1 is 1.00 bits per heavy atom. The second kappa shape index (κ2) is 7.47. The SMILES string of the molecule is COc1cc(C2C(C(=O)O)=C(C)N=C(C)C2C(=O)O)cc(OC)c1OC. The van der Waals surface area contributed by atoms with Crippen molar-refractivity contribution in [1.82, 2.24) is 0 Å². The molecule has 8 nitrogen and oxygen atoms in total. The fourth-order valence-corrected chi connectivity index (χ4v) is 3.28. The molecule has 0 amide bonds. The molecule has 2 unspecified atom stereocenters. The number of allylic oxidation sites excluding steroid dienone is 1. The first-order chi connectivity index (χ1) is 12.3. The molecule has 0 bridgehead atoms. The van der Waals surface area contributed by atoms with Gasteiger partial charge in [-0.15, -0.1) is 0 Å². The van der Waals surface area contributed by atoms with Gasteiger partial charge in [-0.3, -0.25) is 9.79 Å². The van der Waals surface area contributed by atoms with Gasteiger partial charge in [0.1, 0.15) is 5.92 Å². The molecule has 1 aliphatic heterocycles.